The van der Waals surface area contributed by atoms with Crippen molar-refractivity contribution in [1.82, 2.24) is 4.98 Å². The minimum Gasteiger partial charge on any atom is -0.302 e. The summed E-state index contributed by atoms with van der Waals surface area (Å²) < 4.78 is 1.15. The standard InChI is InChI=1S/C17H22N2OS/c1-2-13-9-6-10-14-16(13)19-17(21-14)18-15(20)11-12-7-4-3-5-8-12/h6,9-10,12H,2-5,7-8,11H2,1H3,(H,18,19,20). The summed E-state index contributed by atoms with van der Waals surface area (Å²) in [6.45, 7) is 2.13. The number of nitrogens with zero attached hydrogens (tertiary/aromatic N) is 1. The number of benzene rings is 1. The van der Waals surface area contributed by atoms with E-state index in [-0.39, 0.29) is 5.91 Å². The second-order valence-corrected chi connectivity index (χ2v) is 6.92. The Hall–Kier alpha value is -1.42. The van der Waals surface area contributed by atoms with Gasteiger partial charge in [-0.3, -0.25) is 4.79 Å². The summed E-state index contributed by atoms with van der Waals surface area (Å²) in [5.41, 5.74) is 2.29. The Bertz CT molecular complexity index is 629. The molecule has 1 saturated carbocycles. The molecule has 1 heterocycles. The Morgan fingerprint density at radius 1 is 1.33 bits per heavy atom. The number of fused-ring (bicyclic) bond motifs is 1. The molecule has 1 aliphatic carbocycles. The van der Waals surface area contributed by atoms with Crippen LogP contribution in [0, 0.1) is 5.92 Å². The van der Waals surface area contributed by atoms with Crippen LogP contribution >= 0.6 is 11.3 Å². The fourth-order valence-corrected chi connectivity index (χ4v) is 4.10. The molecule has 112 valence electrons. The number of thiazole rings is 1. The van der Waals surface area contributed by atoms with Crippen molar-refractivity contribution >= 4 is 32.6 Å². The van der Waals surface area contributed by atoms with Gasteiger partial charge in [0.25, 0.3) is 0 Å². The van der Waals surface area contributed by atoms with E-state index in [0.717, 1.165) is 21.8 Å². The number of rotatable bonds is 4. The molecule has 0 saturated heterocycles. The number of aryl methyl sites for hydroxylation is 1. The molecule has 1 aliphatic rings. The molecule has 0 bridgehead atoms. The topological polar surface area (TPSA) is 42.0 Å². The van der Waals surface area contributed by atoms with Crippen molar-refractivity contribution in [3.8, 4) is 0 Å². The van der Waals surface area contributed by atoms with Crippen LogP contribution in [-0.2, 0) is 11.2 Å². The first-order chi connectivity index (χ1) is 10.3. The van der Waals surface area contributed by atoms with Gasteiger partial charge in [-0.15, -0.1) is 0 Å². The molecule has 2 aromatic rings. The van der Waals surface area contributed by atoms with Crippen molar-refractivity contribution in [2.24, 2.45) is 5.92 Å². The van der Waals surface area contributed by atoms with Crippen LogP contribution in [0.4, 0.5) is 5.13 Å². The van der Waals surface area contributed by atoms with Crippen molar-refractivity contribution in [2.45, 2.75) is 51.9 Å². The number of nitrogens with one attached hydrogen (secondary N) is 1. The van der Waals surface area contributed by atoms with E-state index in [4.69, 9.17) is 0 Å². The summed E-state index contributed by atoms with van der Waals surface area (Å²) in [6, 6.07) is 6.24. The third kappa shape index (κ3) is 3.43. The molecule has 21 heavy (non-hydrogen) atoms. The third-order valence-electron chi connectivity index (χ3n) is 4.33. The lowest BCUT2D eigenvalue weighted by Gasteiger charge is -2.20. The summed E-state index contributed by atoms with van der Waals surface area (Å²) in [6.07, 6.45) is 7.90. The maximum Gasteiger partial charge on any atom is 0.226 e. The van der Waals surface area contributed by atoms with Crippen LogP contribution < -0.4 is 5.32 Å². The number of amides is 1. The molecule has 0 aliphatic heterocycles. The lowest BCUT2D eigenvalue weighted by molar-refractivity contribution is -0.117. The average Bonchev–Trinajstić information content (AvgIpc) is 2.90. The third-order valence-corrected chi connectivity index (χ3v) is 5.26. The highest BCUT2D eigenvalue weighted by atomic mass is 32.1. The number of carbonyl (C=O) groups excluding carboxylic acids is 1. The highest BCUT2D eigenvalue weighted by molar-refractivity contribution is 7.22. The monoisotopic (exact) mass is 302 g/mol. The van der Waals surface area contributed by atoms with Crippen LogP contribution in [0.2, 0.25) is 0 Å². The van der Waals surface area contributed by atoms with E-state index in [9.17, 15) is 4.79 Å². The molecule has 1 aromatic carbocycles. The van der Waals surface area contributed by atoms with Crippen LogP contribution in [0.5, 0.6) is 0 Å². The van der Waals surface area contributed by atoms with Crippen LogP contribution in [0.1, 0.15) is 51.0 Å². The minimum absolute atomic E-state index is 0.124. The predicted octanol–water partition coefficient (Wildman–Crippen LogP) is 4.77. The Morgan fingerprint density at radius 3 is 2.90 bits per heavy atom. The number of anilines is 1. The van der Waals surface area contributed by atoms with E-state index in [2.05, 4.69) is 35.4 Å². The van der Waals surface area contributed by atoms with E-state index in [1.165, 1.54) is 37.7 Å². The quantitative estimate of drug-likeness (QED) is 0.884. The molecule has 1 amide bonds. The second-order valence-electron chi connectivity index (χ2n) is 5.89. The van der Waals surface area contributed by atoms with E-state index in [1.54, 1.807) is 11.3 Å². The summed E-state index contributed by atoms with van der Waals surface area (Å²) in [7, 11) is 0. The first-order valence-electron chi connectivity index (χ1n) is 7.94. The summed E-state index contributed by atoms with van der Waals surface area (Å²) >= 11 is 1.57. The van der Waals surface area contributed by atoms with Crippen molar-refractivity contribution in [1.29, 1.82) is 0 Å². The van der Waals surface area contributed by atoms with Crippen LogP contribution in [0.3, 0.4) is 0 Å². The number of hydrogen-bond donors (Lipinski definition) is 1. The van der Waals surface area contributed by atoms with Crippen LogP contribution in [0.15, 0.2) is 18.2 Å². The van der Waals surface area contributed by atoms with Crippen molar-refractivity contribution in [3.63, 3.8) is 0 Å². The molecule has 3 nitrogen and oxygen atoms in total. The molecular weight excluding hydrogens is 280 g/mol. The van der Waals surface area contributed by atoms with Gasteiger partial charge >= 0.3 is 0 Å². The molecule has 0 spiro atoms. The molecule has 4 heteroatoms. The fourth-order valence-electron chi connectivity index (χ4n) is 3.17. The van der Waals surface area contributed by atoms with Gasteiger partial charge in [-0.05, 0) is 36.8 Å². The van der Waals surface area contributed by atoms with Crippen molar-refractivity contribution in [2.75, 3.05) is 5.32 Å². The number of para-hydroxylation sites is 1. The molecular formula is C17H22N2OS. The highest BCUT2D eigenvalue weighted by Gasteiger charge is 2.18. The zero-order valence-electron chi connectivity index (χ0n) is 12.5. The van der Waals surface area contributed by atoms with Gasteiger partial charge < -0.3 is 5.32 Å². The average molecular weight is 302 g/mol. The van der Waals surface area contributed by atoms with Crippen molar-refractivity contribution < 1.29 is 4.79 Å². The Labute approximate surface area is 129 Å². The van der Waals surface area contributed by atoms with E-state index >= 15 is 0 Å². The smallest absolute Gasteiger partial charge is 0.226 e. The molecule has 0 unspecified atom stereocenters. The number of aromatic nitrogens is 1. The van der Waals surface area contributed by atoms with Crippen LogP contribution in [0.25, 0.3) is 10.2 Å². The van der Waals surface area contributed by atoms with Gasteiger partial charge in [-0.25, -0.2) is 4.98 Å². The lowest BCUT2D eigenvalue weighted by Crippen LogP contribution is -2.18. The zero-order valence-corrected chi connectivity index (χ0v) is 13.3. The van der Waals surface area contributed by atoms with Gasteiger partial charge in [-0.1, -0.05) is 49.7 Å². The minimum atomic E-state index is 0.124. The Kier molecular flexibility index (Phi) is 4.54. The number of hydrogen-bond acceptors (Lipinski definition) is 3. The van der Waals surface area contributed by atoms with Crippen LogP contribution in [-0.4, -0.2) is 10.9 Å². The largest absolute Gasteiger partial charge is 0.302 e. The van der Waals surface area contributed by atoms with Crippen molar-refractivity contribution in [3.05, 3.63) is 23.8 Å². The first-order valence-corrected chi connectivity index (χ1v) is 8.76. The maximum atomic E-state index is 12.2. The molecule has 3 rings (SSSR count). The highest BCUT2D eigenvalue weighted by Crippen LogP contribution is 2.30. The van der Waals surface area contributed by atoms with Gasteiger partial charge in [0.05, 0.1) is 10.2 Å². The fraction of sp³-hybridized carbons (Fsp3) is 0.529. The van der Waals surface area contributed by atoms with Gasteiger partial charge in [0, 0.05) is 6.42 Å². The zero-order chi connectivity index (χ0) is 14.7. The molecule has 1 fully saturated rings. The SMILES string of the molecule is CCc1cccc2sc(NC(=O)CC3CCCCC3)nc12. The number of carbonyl (C=O) groups is 1. The summed E-state index contributed by atoms with van der Waals surface area (Å²) in [4.78, 5) is 16.8. The Morgan fingerprint density at radius 2 is 2.14 bits per heavy atom. The second kappa shape index (κ2) is 6.56. The molecule has 1 N–H and O–H groups in total. The van der Waals surface area contributed by atoms with Gasteiger partial charge in [0.2, 0.25) is 5.91 Å². The lowest BCUT2D eigenvalue weighted by atomic mass is 9.87. The van der Waals surface area contributed by atoms with Gasteiger partial charge in [0.15, 0.2) is 5.13 Å². The van der Waals surface area contributed by atoms with Gasteiger partial charge in [-0.2, -0.15) is 0 Å². The van der Waals surface area contributed by atoms with E-state index < -0.39 is 0 Å². The predicted molar refractivity (Wildman–Crippen MR) is 88.8 cm³/mol. The molecule has 1 aromatic heterocycles. The van der Waals surface area contributed by atoms with E-state index in [0.29, 0.717) is 12.3 Å². The summed E-state index contributed by atoms with van der Waals surface area (Å²) in [5.74, 6) is 0.693. The summed E-state index contributed by atoms with van der Waals surface area (Å²) in [5, 5.41) is 3.74. The van der Waals surface area contributed by atoms with E-state index in [1.807, 2.05) is 0 Å². The normalized spacial score (nSPS) is 16.2. The molecule has 0 atom stereocenters. The maximum absolute atomic E-state index is 12.2. The van der Waals surface area contributed by atoms with Gasteiger partial charge in [0.1, 0.15) is 0 Å². The Balaban J connectivity index is 1.68. The molecule has 0 radical (unpaired) electrons. The first kappa shape index (κ1) is 14.5.